The molecule has 0 aliphatic heterocycles. The van der Waals surface area contributed by atoms with E-state index in [0.717, 1.165) is 16.3 Å². The molecule has 0 aliphatic carbocycles. The molecule has 4 aromatic rings. The molecule has 9 heteroatoms. The standard InChI is InChI=1S/C18H17N5O2S2/c1-22-7-6-19-14(22)4-5-20-15(24)9-23-11-21-17-16(18(23)25)12(10-27-17)13-3-2-8-26-13/h2-3,6-8,10-11H,4-5,9H2,1H3,(H,20,24). The largest absolute Gasteiger partial charge is 0.354 e. The van der Waals surface area contributed by atoms with Crippen LogP contribution in [0.4, 0.5) is 0 Å². The molecule has 27 heavy (non-hydrogen) atoms. The molecule has 0 atom stereocenters. The summed E-state index contributed by atoms with van der Waals surface area (Å²) in [7, 11) is 1.91. The second-order valence-electron chi connectivity index (χ2n) is 6.04. The molecule has 7 nitrogen and oxygen atoms in total. The Morgan fingerprint density at radius 3 is 2.93 bits per heavy atom. The Labute approximate surface area is 162 Å². The van der Waals surface area contributed by atoms with Crippen molar-refractivity contribution in [3.05, 3.63) is 57.8 Å². The highest BCUT2D eigenvalue weighted by Gasteiger charge is 2.15. The Balaban J connectivity index is 1.49. The third kappa shape index (κ3) is 3.56. The van der Waals surface area contributed by atoms with Crippen LogP contribution in [-0.2, 0) is 24.8 Å². The van der Waals surface area contributed by atoms with Crippen molar-refractivity contribution in [1.82, 2.24) is 24.4 Å². The van der Waals surface area contributed by atoms with Gasteiger partial charge in [-0.05, 0) is 11.4 Å². The lowest BCUT2D eigenvalue weighted by molar-refractivity contribution is -0.121. The molecule has 0 radical (unpaired) electrons. The summed E-state index contributed by atoms with van der Waals surface area (Å²) in [4.78, 5) is 35.4. The summed E-state index contributed by atoms with van der Waals surface area (Å²) in [5.74, 6) is 0.676. The van der Waals surface area contributed by atoms with E-state index in [2.05, 4.69) is 15.3 Å². The summed E-state index contributed by atoms with van der Waals surface area (Å²) in [6.07, 6.45) is 5.67. The lowest BCUT2D eigenvalue weighted by Crippen LogP contribution is -2.33. The topological polar surface area (TPSA) is 81.8 Å². The second kappa shape index (κ2) is 7.45. The average molecular weight is 400 g/mol. The first-order valence-corrected chi connectivity index (χ1v) is 10.1. The van der Waals surface area contributed by atoms with Crippen molar-refractivity contribution in [2.75, 3.05) is 6.54 Å². The van der Waals surface area contributed by atoms with Gasteiger partial charge < -0.3 is 9.88 Å². The number of amides is 1. The number of nitrogens with zero attached hydrogens (tertiary/aromatic N) is 4. The van der Waals surface area contributed by atoms with Gasteiger partial charge in [-0.1, -0.05) is 6.07 Å². The first-order chi connectivity index (χ1) is 13.1. The Morgan fingerprint density at radius 1 is 1.30 bits per heavy atom. The Bertz CT molecular complexity index is 1140. The molecule has 1 N–H and O–H groups in total. The lowest BCUT2D eigenvalue weighted by atomic mass is 10.2. The van der Waals surface area contributed by atoms with Crippen LogP contribution in [0.15, 0.2) is 46.4 Å². The molecule has 0 aliphatic rings. The van der Waals surface area contributed by atoms with Gasteiger partial charge >= 0.3 is 0 Å². The van der Waals surface area contributed by atoms with Gasteiger partial charge in [0.25, 0.3) is 5.56 Å². The molecule has 4 heterocycles. The first kappa shape index (κ1) is 17.6. The van der Waals surface area contributed by atoms with Gasteiger partial charge in [-0.15, -0.1) is 22.7 Å². The molecule has 0 fully saturated rings. The third-order valence-electron chi connectivity index (χ3n) is 4.25. The average Bonchev–Trinajstić information content (AvgIpc) is 3.38. The fraction of sp³-hybridized carbons (Fsp3) is 0.222. The maximum absolute atomic E-state index is 12.9. The van der Waals surface area contributed by atoms with E-state index in [9.17, 15) is 9.59 Å². The number of aromatic nitrogens is 4. The van der Waals surface area contributed by atoms with Crippen molar-refractivity contribution in [3.8, 4) is 10.4 Å². The highest BCUT2D eigenvalue weighted by molar-refractivity contribution is 7.18. The van der Waals surface area contributed by atoms with Crippen molar-refractivity contribution in [1.29, 1.82) is 0 Å². The molecule has 0 saturated heterocycles. The van der Waals surface area contributed by atoms with Gasteiger partial charge in [0.2, 0.25) is 5.91 Å². The molecule has 4 rings (SSSR count). The first-order valence-electron chi connectivity index (χ1n) is 8.37. The van der Waals surface area contributed by atoms with E-state index in [0.29, 0.717) is 23.2 Å². The van der Waals surface area contributed by atoms with Gasteiger partial charge in [-0.25, -0.2) is 9.97 Å². The molecule has 0 aromatic carbocycles. The minimum absolute atomic E-state index is 0.0535. The van der Waals surface area contributed by atoms with Crippen LogP contribution < -0.4 is 10.9 Å². The smallest absolute Gasteiger partial charge is 0.263 e. The van der Waals surface area contributed by atoms with Crippen LogP contribution in [0.2, 0.25) is 0 Å². The van der Waals surface area contributed by atoms with Gasteiger partial charge in [0.1, 0.15) is 17.2 Å². The molecule has 0 spiro atoms. The van der Waals surface area contributed by atoms with Gasteiger partial charge in [-0.3, -0.25) is 14.2 Å². The number of aryl methyl sites for hydroxylation is 1. The predicted octanol–water partition coefficient (Wildman–Crippen LogP) is 2.28. The van der Waals surface area contributed by atoms with E-state index in [1.54, 1.807) is 17.5 Å². The number of nitrogens with one attached hydrogen (secondary N) is 1. The SMILES string of the molecule is Cn1ccnc1CCNC(=O)Cn1cnc2scc(-c3cccs3)c2c1=O. The van der Waals surface area contributed by atoms with E-state index in [1.165, 1.54) is 22.2 Å². The van der Waals surface area contributed by atoms with Crippen molar-refractivity contribution in [2.24, 2.45) is 7.05 Å². The van der Waals surface area contributed by atoms with E-state index in [4.69, 9.17) is 0 Å². The van der Waals surface area contributed by atoms with Crippen LogP contribution in [0, 0.1) is 0 Å². The van der Waals surface area contributed by atoms with Crippen LogP contribution in [0.25, 0.3) is 20.7 Å². The third-order valence-corrected chi connectivity index (χ3v) is 6.04. The molecule has 0 saturated carbocycles. The van der Waals surface area contributed by atoms with Crippen LogP contribution in [0.5, 0.6) is 0 Å². The Kier molecular flexibility index (Phi) is 4.87. The number of hydrogen-bond donors (Lipinski definition) is 1. The highest BCUT2D eigenvalue weighted by atomic mass is 32.1. The maximum atomic E-state index is 12.9. The number of carbonyl (C=O) groups is 1. The minimum Gasteiger partial charge on any atom is -0.354 e. The number of rotatable bonds is 6. The lowest BCUT2D eigenvalue weighted by Gasteiger charge is -2.07. The van der Waals surface area contributed by atoms with E-state index < -0.39 is 0 Å². The molecule has 0 unspecified atom stereocenters. The monoisotopic (exact) mass is 399 g/mol. The van der Waals surface area contributed by atoms with Gasteiger partial charge in [0, 0.05) is 48.2 Å². The summed E-state index contributed by atoms with van der Waals surface area (Å²) in [5, 5.41) is 7.33. The molecule has 0 bridgehead atoms. The zero-order valence-corrected chi connectivity index (χ0v) is 16.2. The summed E-state index contributed by atoms with van der Waals surface area (Å²) in [6, 6.07) is 3.93. The number of hydrogen-bond acceptors (Lipinski definition) is 6. The van der Waals surface area contributed by atoms with E-state index >= 15 is 0 Å². The Morgan fingerprint density at radius 2 is 2.19 bits per heavy atom. The van der Waals surface area contributed by atoms with E-state index in [1.807, 2.05) is 40.7 Å². The zero-order valence-electron chi connectivity index (χ0n) is 14.6. The zero-order chi connectivity index (χ0) is 18.8. The van der Waals surface area contributed by atoms with Crippen molar-refractivity contribution < 1.29 is 4.79 Å². The predicted molar refractivity (Wildman–Crippen MR) is 107 cm³/mol. The molecule has 1 amide bonds. The van der Waals surface area contributed by atoms with Gasteiger partial charge in [0.05, 0.1) is 11.7 Å². The second-order valence-corrected chi connectivity index (χ2v) is 7.84. The number of carbonyl (C=O) groups excluding carboxylic acids is 1. The van der Waals surface area contributed by atoms with Gasteiger partial charge in [0.15, 0.2) is 0 Å². The molecule has 4 aromatic heterocycles. The summed E-state index contributed by atoms with van der Waals surface area (Å²) in [5.41, 5.74) is 0.691. The number of imidazole rings is 1. The fourth-order valence-electron chi connectivity index (χ4n) is 2.86. The fourth-order valence-corrected chi connectivity index (χ4v) is 4.58. The summed E-state index contributed by atoms with van der Waals surface area (Å²) in [6.45, 7) is 0.412. The minimum atomic E-state index is -0.222. The van der Waals surface area contributed by atoms with Crippen molar-refractivity contribution in [2.45, 2.75) is 13.0 Å². The van der Waals surface area contributed by atoms with E-state index in [-0.39, 0.29) is 18.0 Å². The van der Waals surface area contributed by atoms with Crippen LogP contribution in [-0.4, -0.2) is 31.6 Å². The molecular weight excluding hydrogens is 382 g/mol. The summed E-state index contributed by atoms with van der Waals surface area (Å²) >= 11 is 3.02. The van der Waals surface area contributed by atoms with Crippen LogP contribution in [0.1, 0.15) is 5.82 Å². The van der Waals surface area contributed by atoms with Crippen LogP contribution in [0.3, 0.4) is 0 Å². The Hall–Kier alpha value is -2.78. The van der Waals surface area contributed by atoms with Crippen molar-refractivity contribution in [3.63, 3.8) is 0 Å². The number of thiophene rings is 2. The maximum Gasteiger partial charge on any atom is 0.263 e. The molecule has 138 valence electrons. The van der Waals surface area contributed by atoms with Gasteiger partial charge in [-0.2, -0.15) is 0 Å². The quantitative estimate of drug-likeness (QED) is 0.539. The van der Waals surface area contributed by atoms with Crippen molar-refractivity contribution >= 4 is 38.8 Å². The highest BCUT2D eigenvalue weighted by Crippen LogP contribution is 2.33. The normalized spacial score (nSPS) is 11.1. The summed E-state index contributed by atoms with van der Waals surface area (Å²) < 4.78 is 3.28. The molecular formula is C18H17N5O2S2. The van der Waals surface area contributed by atoms with Crippen LogP contribution >= 0.6 is 22.7 Å². The number of fused-ring (bicyclic) bond motifs is 1.